The van der Waals surface area contributed by atoms with Gasteiger partial charge in [0.25, 0.3) is 0 Å². The molecule has 0 amide bonds. The molecule has 2 rings (SSSR count). The number of carboxylic acids is 1. The Hall–Kier alpha value is -1.79. The number of rotatable bonds is 2. The van der Waals surface area contributed by atoms with Gasteiger partial charge in [-0.15, -0.1) is 0 Å². The van der Waals surface area contributed by atoms with E-state index in [0.717, 1.165) is 18.9 Å². The van der Waals surface area contributed by atoms with Gasteiger partial charge in [0.05, 0.1) is 11.3 Å². The largest absolute Gasteiger partial charge is 0.476 e. The van der Waals surface area contributed by atoms with Crippen LogP contribution in [0.5, 0.6) is 0 Å². The molecule has 1 saturated heterocycles. The normalized spacial score (nSPS) is 16.1. The molecule has 0 radical (unpaired) electrons. The van der Waals surface area contributed by atoms with E-state index < -0.39 is 17.7 Å². The van der Waals surface area contributed by atoms with Crippen LogP contribution in [0.15, 0.2) is 12.3 Å². The Labute approximate surface area is 101 Å². The average Bonchev–Trinajstić information content (AvgIpc) is 2.80. The molecule has 4 nitrogen and oxygen atoms in total. The summed E-state index contributed by atoms with van der Waals surface area (Å²) < 4.78 is 37.7. The first-order valence-electron chi connectivity index (χ1n) is 5.45. The molecule has 1 aliphatic heterocycles. The summed E-state index contributed by atoms with van der Waals surface area (Å²) in [5.41, 5.74) is -1.20. The van der Waals surface area contributed by atoms with E-state index >= 15 is 0 Å². The van der Waals surface area contributed by atoms with Crippen molar-refractivity contribution in [2.24, 2.45) is 0 Å². The predicted molar refractivity (Wildman–Crippen MR) is 57.6 cm³/mol. The molecule has 0 unspecified atom stereocenters. The number of alkyl halides is 3. The number of anilines is 1. The summed E-state index contributed by atoms with van der Waals surface area (Å²) in [6.07, 6.45) is -2.27. The summed E-state index contributed by atoms with van der Waals surface area (Å²) in [4.78, 5) is 16.0. The Morgan fingerprint density at radius 2 is 1.94 bits per heavy atom. The van der Waals surface area contributed by atoms with Crippen molar-refractivity contribution in [1.82, 2.24) is 4.98 Å². The summed E-state index contributed by atoms with van der Waals surface area (Å²) in [6.45, 7) is 1.12. The van der Waals surface area contributed by atoms with E-state index in [9.17, 15) is 18.0 Å². The first-order chi connectivity index (χ1) is 8.39. The topological polar surface area (TPSA) is 53.4 Å². The van der Waals surface area contributed by atoms with Gasteiger partial charge in [-0.25, -0.2) is 9.78 Å². The Morgan fingerprint density at radius 3 is 2.44 bits per heavy atom. The summed E-state index contributed by atoms with van der Waals surface area (Å²) >= 11 is 0. The highest BCUT2D eigenvalue weighted by molar-refractivity contribution is 5.92. The van der Waals surface area contributed by atoms with Crippen molar-refractivity contribution in [1.29, 1.82) is 0 Å². The quantitative estimate of drug-likeness (QED) is 0.887. The molecule has 7 heteroatoms. The lowest BCUT2D eigenvalue weighted by Crippen LogP contribution is -2.22. The highest BCUT2D eigenvalue weighted by atomic mass is 19.4. The van der Waals surface area contributed by atoms with Gasteiger partial charge in [-0.3, -0.25) is 0 Å². The second kappa shape index (κ2) is 4.47. The van der Waals surface area contributed by atoms with Gasteiger partial charge in [0.15, 0.2) is 5.69 Å². The molecule has 0 aromatic carbocycles. The predicted octanol–water partition coefficient (Wildman–Crippen LogP) is 2.40. The monoisotopic (exact) mass is 260 g/mol. The van der Waals surface area contributed by atoms with Crippen LogP contribution in [0.3, 0.4) is 0 Å². The maximum absolute atomic E-state index is 12.6. The van der Waals surface area contributed by atoms with Gasteiger partial charge in [-0.2, -0.15) is 13.2 Å². The van der Waals surface area contributed by atoms with Gasteiger partial charge in [-0.1, -0.05) is 0 Å². The van der Waals surface area contributed by atoms with Crippen LogP contribution in [-0.4, -0.2) is 29.1 Å². The summed E-state index contributed by atoms with van der Waals surface area (Å²) in [7, 11) is 0. The first kappa shape index (κ1) is 12.7. The lowest BCUT2D eigenvalue weighted by molar-refractivity contribution is -0.137. The Bertz CT molecular complexity index is 468. The van der Waals surface area contributed by atoms with E-state index in [-0.39, 0.29) is 11.4 Å². The van der Waals surface area contributed by atoms with E-state index in [1.54, 1.807) is 4.90 Å². The minimum absolute atomic E-state index is 0.0508. The molecule has 1 fully saturated rings. The molecule has 0 atom stereocenters. The fourth-order valence-corrected chi connectivity index (χ4v) is 1.97. The second-order valence-corrected chi connectivity index (χ2v) is 4.09. The van der Waals surface area contributed by atoms with E-state index in [2.05, 4.69) is 4.98 Å². The lowest BCUT2D eigenvalue weighted by atomic mass is 10.2. The zero-order valence-corrected chi connectivity index (χ0v) is 9.37. The number of hydrogen-bond donors (Lipinski definition) is 1. The molecule has 1 aromatic heterocycles. The van der Waals surface area contributed by atoms with Gasteiger partial charge < -0.3 is 10.0 Å². The lowest BCUT2D eigenvalue weighted by Gasteiger charge is -2.20. The zero-order chi connectivity index (χ0) is 13.3. The zero-order valence-electron chi connectivity index (χ0n) is 9.37. The third kappa shape index (κ3) is 2.39. The molecular weight excluding hydrogens is 249 g/mol. The number of nitrogens with zero attached hydrogens (tertiary/aromatic N) is 2. The third-order valence-electron chi connectivity index (χ3n) is 2.84. The highest BCUT2D eigenvalue weighted by Crippen LogP contribution is 2.33. The van der Waals surface area contributed by atoms with E-state index in [4.69, 9.17) is 5.11 Å². The third-order valence-corrected chi connectivity index (χ3v) is 2.84. The number of halogens is 3. The van der Waals surface area contributed by atoms with Crippen molar-refractivity contribution in [2.45, 2.75) is 19.0 Å². The molecule has 0 bridgehead atoms. The van der Waals surface area contributed by atoms with Crippen molar-refractivity contribution in [3.8, 4) is 0 Å². The number of hydrogen-bond acceptors (Lipinski definition) is 3. The van der Waals surface area contributed by atoms with Crippen LogP contribution in [0.1, 0.15) is 28.9 Å². The van der Waals surface area contributed by atoms with Gasteiger partial charge >= 0.3 is 12.1 Å². The molecule has 1 aliphatic rings. The Morgan fingerprint density at radius 1 is 1.33 bits per heavy atom. The number of aromatic nitrogens is 1. The molecule has 0 saturated carbocycles. The number of aromatic carboxylic acids is 1. The van der Waals surface area contributed by atoms with E-state index in [1.807, 2.05) is 0 Å². The number of carbonyl (C=O) groups is 1. The summed E-state index contributed by atoms with van der Waals surface area (Å²) in [6, 6.07) is 0.863. The van der Waals surface area contributed by atoms with Crippen LogP contribution in [0.4, 0.5) is 18.9 Å². The Balaban J connectivity index is 2.47. The highest BCUT2D eigenvalue weighted by Gasteiger charge is 2.33. The minimum Gasteiger partial charge on any atom is -0.476 e. The molecule has 98 valence electrons. The van der Waals surface area contributed by atoms with Crippen molar-refractivity contribution in [3.63, 3.8) is 0 Å². The maximum atomic E-state index is 12.6. The Kier molecular flexibility index (Phi) is 3.14. The standard InChI is InChI=1S/C11H11F3N2O2/c12-11(13,14)7-5-8(16-3-1-2-4-16)9(10(17)18)15-6-7/h5-6H,1-4H2,(H,17,18). The van der Waals surface area contributed by atoms with Crippen LogP contribution >= 0.6 is 0 Å². The van der Waals surface area contributed by atoms with Gasteiger partial charge in [-0.05, 0) is 18.9 Å². The van der Waals surface area contributed by atoms with Gasteiger partial charge in [0.1, 0.15) is 0 Å². The first-order valence-corrected chi connectivity index (χ1v) is 5.45. The molecule has 0 aliphatic carbocycles. The van der Waals surface area contributed by atoms with Crippen molar-refractivity contribution >= 4 is 11.7 Å². The fourth-order valence-electron chi connectivity index (χ4n) is 1.97. The summed E-state index contributed by atoms with van der Waals surface area (Å²) in [5.74, 6) is -1.31. The molecule has 2 heterocycles. The molecule has 1 N–H and O–H groups in total. The van der Waals surface area contributed by atoms with Gasteiger partial charge in [0, 0.05) is 19.3 Å². The van der Waals surface area contributed by atoms with Crippen LogP contribution in [0.25, 0.3) is 0 Å². The van der Waals surface area contributed by atoms with Crippen molar-refractivity contribution < 1.29 is 23.1 Å². The fraction of sp³-hybridized carbons (Fsp3) is 0.455. The van der Waals surface area contributed by atoms with E-state index in [0.29, 0.717) is 19.3 Å². The molecule has 18 heavy (non-hydrogen) atoms. The average molecular weight is 260 g/mol. The maximum Gasteiger partial charge on any atom is 0.417 e. The van der Waals surface area contributed by atoms with Gasteiger partial charge in [0.2, 0.25) is 0 Å². The van der Waals surface area contributed by atoms with Crippen LogP contribution in [0.2, 0.25) is 0 Å². The van der Waals surface area contributed by atoms with Crippen LogP contribution in [0, 0.1) is 0 Å². The van der Waals surface area contributed by atoms with Crippen molar-refractivity contribution in [3.05, 3.63) is 23.5 Å². The smallest absolute Gasteiger partial charge is 0.417 e. The SMILES string of the molecule is O=C(O)c1ncc(C(F)(F)F)cc1N1CCCC1. The summed E-state index contributed by atoms with van der Waals surface area (Å²) in [5, 5.41) is 8.95. The number of pyridine rings is 1. The van der Waals surface area contributed by atoms with Crippen molar-refractivity contribution in [2.75, 3.05) is 18.0 Å². The second-order valence-electron chi connectivity index (χ2n) is 4.09. The molecule has 0 spiro atoms. The molecular formula is C11H11F3N2O2. The number of carboxylic acid groups (broad SMARTS) is 1. The van der Waals surface area contributed by atoms with E-state index in [1.165, 1.54) is 0 Å². The molecule has 1 aromatic rings. The van der Waals surface area contributed by atoms with Crippen LogP contribution < -0.4 is 4.90 Å². The minimum atomic E-state index is -4.52. The van der Waals surface area contributed by atoms with Crippen LogP contribution in [-0.2, 0) is 6.18 Å².